The zero-order chi connectivity index (χ0) is 16.1. The van der Waals surface area contributed by atoms with Crippen LogP contribution in [0.3, 0.4) is 0 Å². The van der Waals surface area contributed by atoms with Gasteiger partial charge < -0.3 is 10.1 Å². The van der Waals surface area contributed by atoms with E-state index in [9.17, 15) is 13.2 Å². The molecule has 2 aromatic rings. The second-order valence-corrected chi connectivity index (χ2v) is 4.76. The van der Waals surface area contributed by atoms with Crippen LogP contribution in [-0.4, -0.2) is 27.2 Å². The Kier molecular flexibility index (Phi) is 5.12. The fourth-order valence-electron chi connectivity index (χ4n) is 1.61. The van der Waals surface area contributed by atoms with Gasteiger partial charge in [-0.25, -0.2) is 9.78 Å². The number of aromatic nitrogens is 2. The van der Waals surface area contributed by atoms with Gasteiger partial charge in [0, 0.05) is 17.3 Å². The number of nitrogens with one attached hydrogen (secondary N) is 1. The van der Waals surface area contributed by atoms with Crippen LogP contribution in [0.4, 0.5) is 13.2 Å². The first-order valence-corrected chi connectivity index (χ1v) is 6.00. The van der Waals surface area contributed by atoms with E-state index in [4.69, 9.17) is 9.90 Å². The van der Waals surface area contributed by atoms with Gasteiger partial charge in [0.15, 0.2) is 0 Å². The van der Waals surface area contributed by atoms with Gasteiger partial charge in [-0.3, -0.25) is 0 Å². The Bertz CT molecular complexity index is 564. The van der Waals surface area contributed by atoms with Crippen molar-refractivity contribution in [1.82, 2.24) is 9.97 Å². The Hall–Kier alpha value is -2.31. The minimum Gasteiger partial charge on any atom is -0.475 e. The molecular weight excluding hydrogens is 285 g/mol. The maximum atomic E-state index is 10.6. The normalized spacial score (nSPS) is 11.5. The summed E-state index contributed by atoms with van der Waals surface area (Å²) in [6.45, 7) is 4.38. The highest BCUT2D eigenvalue weighted by atomic mass is 19.4. The highest BCUT2D eigenvalue weighted by Crippen LogP contribution is 2.29. The number of rotatable bonds is 2. The van der Waals surface area contributed by atoms with Gasteiger partial charge in [-0.1, -0.05) is 44.2 Å². The molecule has 2 rings (SSSR count). The van der Waals surface area contributed by atoms with Crippen molar-refractivity contribution in [2.45, 2.75) is 25.4 Å². The number of alkyl halides is 3. The summed E-state index contributed by atoms with van der Waals surface area (Å²) in [4.78, 5) is 16.1. The molecule has 0 aliphatic rings. The van der Waals surface area contributed by atoms with E-state index in [0.717, 1.165) is 5.69 Å². The van der Waals surface area contributed by atoms with Crippen molar-refractivity contribution in [3.8, 4) is 0 Å². The quantitative estimate of drug-likeness (QED) is 0.893. The van der Waals surface area contributed by atoms with E-state index in [0.29, 0.717) is 0 Å². The second kappa shape index (κ2) is 6.43. The van der Waals surface area contributed by atoms with Crippen molar-refractivity contribution >= 4 is 5.97 Å². The van der Waals surface area contributed by atoms with E-state index in [1.165, 1.54) is 5.56 Å². The second-order valence-electron chi connectivity index (χ2n) is 4.76. The molecule has 4 nitrogen and oxygen atoms in total. The third-order valence-electron chi connectivity index (χ3n) is 2.91. The summed E-state index contributed by atoms with van der Waals surface area (Å²) in [6, 6.07) is 10.4. The van der Waals surface area contributed by atoms with E-state index in [1.54, 1.807) is 6.33 Å². The van der Waals surface area contributed by atoms with E-state index in [-0.39, 0.29) is 5.41 Å². The van der Waals surface area contributed by atoms with E-state index >= 15 is 0 Å². The first-order valence-electron chi connectivity index (χ1n) is 6.00. The molecule has 1 aromatic carbocycles. The average Bonchev–Trinajstić information content (AvgIpc) is 2.94. The number of carbonyl (C=O) groups is 1. The molecule has 114 valence electrons. The molecule has 7 heteroatoms. The summed E-state index contributed by atoms with van der Waals surface area (Å²) in [7, 11) is 0. The molecule has 21 heavy (non-hydrogen) atoms. The van der Waals surface area contributed by atoms with Gasteiger partial charge in [0.05, 0.1) is 6.33 Å². The molecule has 0 amide bonds. The summed E-state index contributed by atoms with van der Waals surface area (Å²) in [5, 5.41) is 7.12. The number of H-pyrrole nitrogens is 1. The summed E-state index contributed by atoms with van der Waals surface area (Å²) in [5.74, 6) is -2.76. The largest absolute Gasteiger partial charge is 0.490 e. The predicted octanol–water partition coefficient (Wildman–Crippen LogP) is 3.37. The topological polar surface area (TPSA) is 66.0 Å². The van der Waals surface area contributed by atoms with Crippen molar-refractivity contribution in [2.75, 3.05) is 0 Å². The molecule has 1 aromatic heterocycles. The van der Waals surface area contributed by atoms with E-state index in [2.05, 4.69) is 48.1 Å². The lowest BCUT2D eigenvalue weighted by molar-refractivity contribution is -0.192. The summed E-state index contributed by atoms with van der Waals surface area (Å²) < 4.78 is 31.7. The van der Waals surface area contributed by atoms with Crippen molar-refractivity contribution in [3.63, 3.8) is 0 Å². The molecule has 0 radical (unpaired) electrons. The van der Waals surface area contributed by atoms with Crippen LogP contribution in [0.2, 0.25) is 0 Å². The SMILES string of the molecule is CC(C)(c1ccccc1)c1cnc[nH]1.O=C(O)C(F)(F)F. The number of aliphatic carboxylic acids is 1. The molecule has 0 fully saturated rings. The van der Waals surface area contributed by atoms with Crippen molar-refractivity contribution in [2.24, 2.45) is 0 Å². The molecule has 0 spiro atoms. The van der Waals surface area contributed by atoms with E-state index in [1.807, 2.05) is 12.3 Å². The molecule has 0 aliphatic carbocycles. The first-order chi connectivity index (χ1) is 9.65. The molecule has 0 aliphatic heterocycles. The van der Waals surface area contributed by atoms with Crippen LogP contribution in [-0.2, 0) is 10.2 Å². The monoisotopic (exact) mass is 300 g/mol. The zero-order valence-electron chi connectivity index (χ0n) is 11.5. The molecular formula is C14H15F3N2O2. The maximum absolute atomic E-state index is 10.6. The number of halogens is 3. The Morgan fingerprint density at radius 2 is 1.71 bits per heavy atom. The fraction of sp³-hybridized carbons (Fsp3) is 0.286. The third-order valence-corrected chi connectivity index (χ3v) is 2.91. The smallest absolute Gasteiger partial charge is 0.475 e. The standard InChI is InChI=1S/C12H14N2.C2HF3O2/c1-12(2,11-8-13-9-14-11)10-6-4-3-5-7-10;3-2(4,5)1(6)7/h3-9H,1-2H3,(H,13,14);(H,6,7). The van der Waals surface area contributed by atoms with Gasteiger partial charge in [0.25, 0.3) is 0 Å². The van der Waals surface area contributed by atoms with Crippen molar-refractivity contribution in [1.29, 1.82) is 0 Å². The first kappa shape index (κ1) is 16.7. The predicted molar refractivity (Wildman–Crippen MR) is 70.8 cm³/mol. The summed E-state index contributed by atoms with van der Waals surface area (Å²) in [6.07, 6.45) is -1.48. The van der Waals surface area contributed by atoms with Crippen molar-refractivity contribution in [3.05, 3.63) is 54.1 Å². The van der Waals surface area contributed by atoms with Crippen LogP contribution >= 0.6 is 0 Å². The number of aromatic amines is 1. The van der Waals surface area contributed by atoms with Gasteiger partial charge in [-0.2, -0.15) is 13.2 Å². The average molecular weight is 300 g/mol. The van der Waals surface area contributed by atoms with Crippen molar-refractivity contribution < 1.29 is 23.1 Å². The number of imidazole rings is 1. The molecule has 0 atom stereocenters. The van der Waals surface area contributed by atoms with Gasteiger partial charge in [-0.15, -0.1) is 0 Å². The Balaban J connectivity index is 0.000000270. The van der Waals surface area contributed by atoms with Gasteiger partial charge in [0.1, 0.15) is 0 Å². The van der Waals surface area contributed by atoms with Crippen LogP contribution in [0.5, 0.6) is 0 Å². The fourth-order valence-corrected chi connectivity index (χ4v) is 1.61. The lowest BCUT2D eigenvalue weighted by atomic mass is 9.82. The molecule has 1 heterocycles. The molecule has 0 saturated carbocycles. The number of hydrogen-bond acceptors (Lipinski definition) is 2. The molecule has 0 saturated heterocycles. The minimum absolute atomic E-state index is 0.00222. The Morgan fingerprint density at radius 1 is 1.19 bits per heavy atom. The Morgan fingerprint density at radius 3 is 2.10 bits per heavy atom. The minimum atomic E-state index is -5.08. The molecule has 0 bridgehead atoms. The van der Waals surface area contributed by atoms with Crippen LogP contribution < -0.4 is 0 Å². The molecule has 2 N–H and O–H groups in total. The Labute approximate surface area is 119 Å². The lowest BCUT2D eigenvalue weighted by Crippen LogP contribution is -2.21. The van der Waals surface area contributed by atoms with Crippen LogP contribution in [0.15, 0.2) is 42.9 Å². The highest BCUT2D eigenvalue weighted by molar-refractivity contribution is 5.73. The number of nitrogens with zero attached hydrogens (tertiary/aromatic N) is 1. The number of carboxylic acids is 1. The third kappa shape index (κ3) is 4.62. The van der Waals surface area contributed by atoms with Gasteiger partial charge >= 0.3 is 12.1 Å². The van der Waals surface area contributed by atoms with Crippen LogP contribution in [0.25, 0.3) is 0 Å². The lowest BCUT2D eigenvalue weighted by Gasteiger charge is -2.23. The summed E-state index contributed by atoms with van der Waals surface area (Å²) in [5.41, 5.74) is 2.44. The van der Waals surface area contributed by atoms with Crippen LogP contribution in [0, 0.1) is 0 Å². The van der Waals surface area contributed by atoms with Gasteiger partial charge in [-0.05, 0) is 5.56 Å². The number of benzene rings is 1. The molecule has 0 unspecified atom stereocenters. The summed E-state index contributed by atoms with van der Waals surface area (Å²) >= 11 is 0. The van der Waals surface area contributed by atoms with E-state index < -0.39 is 12.1 Å². The number of hydrogen-bond donors (Lipinski definition) is 2. The van der Waals surface area contributed by atoms with Gasteiger partial charge in [0.2, 0.25) is 0 Å². The highest BCUT2D eigenvalue weighted by Gasteiger charge is 2.38. The van der Waals surface area contributed by atoms with Crippen LogP contribution in [0.1, 0.15) is 25.1 Å². The maximum Gasteiger partial charge on any atom is 0.490 e. The number of carboxylic acid groups (broad SMARTS) is 1. The zero-order valence-corrected chi connectivity index (χ0v) is 11.5.